The fourth-order valence-corrected chi connectivity index (χ4v) is 1.94. The molecule has 2 N–H and O–H groups in total. The van der Waals surface area contributed by atoms with Crippen LogP contribution in [-0.4, -0.2) is 15.6 Å². The first-order valence-electron chi connectivity index (χ1n) is 4.89. The van der Waals surface area contributed by atoms with E-state index in [1.54, 1.807) is 7.05 Å². The largest absolute Gasteiger partial charge is 0.383 e. The quantitative estimate of drug-likeness (QED) is 0.679. The summed E-state index contributed by atoms with van der Waals surface area (Å²) in [6.07, 6.45) is 1.30. The third kappa shape index (κ3) is 2.02. The molecule has 1 heterocycles. The molecule has 0 radical (unpaired) electrons. The van der Waals surface area contributed by atoms with Crippen LogP contribution in [-0.2, 0) is 7.05 Å². The van der Waals surface area contributed by atoms with Crippen LogP contribution in [0.15, 0.2) is 22.8 Å². The zero-order valence-corrected chi connectivity index (χ0v) is 11.6. The number of nitrogens with two attached hydrogens (primary N) is 1. The van der Waals surface area contributed by atoms with Crippen LogP contribution in [0.25, 0.3) is 0 Å². The van der Waals surface area contributed by atoms with Crippen molar-refractivity contribution in [2.24, 2.45) is 7.05 Å². The molecule has 94 valence electrons. The van der Waals surface area contributed by atoms with E-state index < -0.39 is 11.6 Å². The molecule has 0 atom stereocenters. The molecular formula is C11H8BrClFN3O. The number of anilines is 1. The average molecular weight is 333 g/mol. The highest BCUT2D eigenvalue weighted by Gasteiger charge is 2.21. The van der Waals surface area contributed by atoms with E-state index in [2.05, 4.69) is 21.0 Å². The van der Waals surface area contributed by atoms with E-state index in [1.807, 2.05) is 0 Å². The first kappa shape index (κ1) is 13.0. The molecule has 0 saturated heterocycles. The van der Waals surface area contributed by atoms with Gasteiger partial charge in [0.15, 0.2) is 5.82 Å². The highest BCUT2D eigenvalue weighted by atomic mass is 79.9. The van der Waals surface area contributed by atoms with Crippen LogP contribution in [0.2, 0.25) is 5.02 Å². The number of nitrogen functional groups attached to an aromatic ring is 1. The molecule has 4 nitrogen and oxygen atoms in total. The maximum Gasteiger partial charge on any atom is 0.201 e. The number of carbonyl (C=O) groups is 1. The topological polar surface area (TPSA) is 60.9 Å². The van der Waals surface area contributed by atoms with Gasteiger partial charge in [-0.05, 0) is 28.1 Å². The van der Waals surface area contributed by atoms with E-state index in [0.29, 0.717) is 4.47 Å². The Bertz CT molecular complexity index is 641. The molecule has 0 unspecified atom stereocenters. The Hall–Kier alpha value is -1.40. The second kappa shape index (κ2) is 4.70. The number of aromatic nitrogens is 2. The van der Waals surface area contributed by atoms with E-state index >= 15 is 0 Å². The molecule has 0 aliphatic heterocycles. The summed E-state index contributed by atoms with van der Waals surface area (Å²) < 4.78 is 15.6. The zero-order chi connectivity index (χ0) is 13.4. The molecule has 0 spiro atoms. The van der Waals surface area contributed by atoms with E-state index in [4.69, 9.17) is 17.3 Å². The molecule has 2 rings (SSSR count). The second-order valence-corrected chi connectivity index (χ2v) is 4.85. The van der Waals surface area contributed by atoms with Crippen molar-refractivity contribution in [3.05, 3.63) is 44.8 Å². The van der Waals surface area contributed by atoms with E-state index in [0.717, 1.165) is 0 Å². The number of benzene rings is 1. The molecule has 0 saturated carbocycles. The van der Waals surface area contributed by atoms with Gasteiger partial charge in [0.05, 0.1) is 22.3 Å². The minimum atomic E-state index is -0.778. The van der Waals surface area contributed by atoms with Crippen molar-refractivity contribution >= 4 is 39.1 Å². The van der Waals surface area contributed by atoms with Crippen LogP contribution in [0.5, 0.6) is 0 Å². The van der Waals surface area contributed by atoms with Crippen LogP contribution in [0.4, 0.5) is 10.2 Å². The van der Waals surface area contributed by atoms with Gasteiger partial charge in [0.1, 0.15) is 5.82 Å². The summed E-state index contributed by atoms with van der Waals surface area (Å²) in [5, 5.41) is 3.70. The normalized spacial score (nSPS) is 10.7. The Morgan fingerprint density at radius 2 is 2.17 bits per heavy atom. The van der Waals surface area contributed by atoms with Gasteiger partial charge in [0.25, 0.3) is 0 Å². The molecule has 0 aliphatic carbocycles. The smallest absolute Gasteiger partial charge is 0.201 e. The van der Waals surface area contributed by atoms with Crippen LogP contribution < -0.4 is 5.73 Å². The average Bonchev–Trinajstić information content (AvgIpc) is 2.67. The fourth-order valence-electron chi connectivity index (χ4n) is 1.47. The van der Waals surface area contributed by atoms with Crippen molar-refractivity contribution < 1.29 is 9.18 Å². The third-order valence-corrected chi connectivity index (χ3v) is 3.77. The Kier molecular flexibility index (Phi) is 3.41. The summed E-state index contributed by atoms with van der Waals surface area (Å²) >= 11 is 8.81. The molecule has 0 aliphatic rings. The number of hydrogen-bond donors (Lipinski definition) is 1. The van der Waals surface area contributed by atoms with Crippen LogP contribution in [0, 0.1) is 5.82 Å². The summed E-state index contributed by atoms with van der Waals surface area (Å²) in [7, 11) is 1.59. The van der Waals surface area contributed by atoms with Gasteiger partial charge in [-0.15, -0.1) is 0 Å². The Balaban J connectivity index is 2.54. The number of nitrogens with zero attached hydrogens (tertiary/aromatic N) is 2. The summed E-state index contributed by atoms with van der Waals surface area (Å²) in [5.74, 6) is -1.15. The van der Waals surface area contributed by atoms with Gasteiger partial charge in [0, 0.05) is 11.5 Å². The lowest BCUT2D eigenvalue weighted by Crippen LogP contribution is -2.08. The third-order valence-electron chi connectivity index (χ3n) is 2.51. The molecular weight excluding hydrogens is 324 g/mol. The lowest BCUT2D eigenvalue weighted by atomic mass is 10.1. The number of ketones is 1. The SMILES string of the molecule is Cn1ncc(C(=O)c2ccc(Br)c(Cl)c2F)c1N. The van der Waals surface area contributed by atoms with Crippen molar-refractivity contribution in [3.8, 4) is 0 Å². The maximum atomic E-state index is 13.9. The van der Waals surface area contributed by atoms with Crippen LogP contribution in [0.1, 0.15) is 15.9 Å². The Morgan fingerprint density at radius 1 is 1.50 bits per heavy atom. The number of aryl methyl sites for hydroxylation is 1. The van der Waals surface area contributed by atoms with Gasteiger partial charge in [-0.1, -0.05) is 11.6 Å². The highest BCUT2D eigenvalue weighted by Crippen LogP contribution is 2.29. The van der Waals surface area contributed by atoms with Crippen molar-refractivity contribution in [2.75, 3.05) is 5.73 Å². The minimum absolute atomic E-state index is 0.136. The predicted molar refractivity (Wildman–Crippen MR) is 70.2 cm³/mol. The number of rotatable bonds is 2. The molecule has 1 aromatic carbocycles. The molecule has 7 heteroatoms. The molecule has 2 aromatic rings. The van der Waals surface area contributed by atoms with Crippen molar-refractivity contribution in [1.82, 2.24) is 9.78 Å². The van der Waals surface area contributed by atoms with Crippen LogP contribution in [0.3, 0.4) is 0 Å². The number of carbonyl (C=O) groups excluding carboxylic acids is 1. The Labute approximate surface area is 116 Å². The molecule has 0 amide bonds. The standard InChI is InChI=1S/C11H8BrClFN3O/c1-17-11(15)6(4-16-17)10(18)5-2-3-7(12)8(13)9(5)14/h2-4H,15H2,1H3. The highest BCUT2D eigenvalue weighted by molar-refractivity contribution is 9.10. The van der Waals surface area contributed by atoms with Crippen molar-refractivity contribution in [1.29, 1.82) is 0 Å². The fraction of sp³-hybridized carbons (Fsp3) is 0.0909. The second-order valence-electron chi connectivity index (χ2n) is 3.62. The van der Waals surface area contributed by atoms with Crippen molar-refractivity contribution in [3.63, 3.8) is 0 Å². The first-order chi connectivity index (χ1) is 8.43. The van der Waals surface area contributed by atoms with Gasteiger partial charge in [-0.25, -0.2) is 4.39 Å². The number of hydrogen-bond acceptors (Lipinski definition) is 3. The lowest BCUT2D eigenvalue weighted by Gasteiger charge is -2.05. The van der Waals surface area contributed by atoms with Gasteiger partial charge in [0.2, 0.25) is 5.78 Å². The predicted octanol–water partition coefficient (Wildman–Crippen LogP) is 2.79. The monoisotopic (exact) mass is 331 g/mol. The first-order valence-corrected chi connectivity index (χ1v) is 6.06. The summed E-state index contributed by atoms with van der Waals surface area (Å²) in [6.45, 7) is 0. The van der Waals surface area contributed by atoms with Gasteiger partial charge in [-0.2, -0.15) is 5.10 Å². The maximum absolute atomic E-state index is 13.9. The van der Waals surface area contributed by atoms with Gasteiger partial charge >= 0.3 is 0 Å². The lowest BCUT2D eigenvalue weighted by molar-refractivity contribution is 0.103. The van der Waals surface area contributed by atoms with Crippen LogP contribution >= 0.6 is 27.5 Å². The summed E-state index contributed by atoms with van der Waals surface area (Å²) in [6, 6.07) is 2.85. The zero-order valence-electron chi connectivity index (χ0n) is 9.25. The summed E-state index contributed by atoms with van der Waals surface area (Å²) in [4.78, 5) is 12.1. The number of halogens is 3. The van der Waals surface area contributed by atoms with E-state index in [1.165, 1.54) is 23.0 Å². The summed E-state index contributed by atoms with van der Waals surface area (Å²) in [5.41, 5.74) is 5.69. The van der Waals surface area contributed by atoms with Gasteiger partial charge in [-0.3, -0.25) is 9.48 Å². The Morgan fingerprint density at radius 3 is 2.72 bits per heavy atom. The molecule has 1 aromatic heterocycles. The molecule has 0 fully saturated rings. The molecule has 18 heavy (non-hydrogen) atoms. The molecule has 0 bridgehead atoms. The minimum Gasteiger partial charge on any atom is -0.383 e. The van der Waals surface area contributed by atoms with Gasteiger partial charge < -0.3 is 5.73 Å². The van der Waals surface area contributed by atoms with E-state index in [9.17, 15) is 9.18 Å². The van der Waals surface area contributed by atoms with E-state index in [-0.39, 0.29) is 22.0 Å². The van der Waals surface area contributed by atoms with Crippen molar-refractivity contribution in [2.45, 2.75) is 0 Å².